The van der Waals surface area contributed by atoms with Crippen molar-refractivity contribution in [3.63, 3.8) is 0 Å². The highest BCUT2D eigenvalue weighted by atomic mass is 19.4. The first-order valence-corrected chi connectivity index (χ1v) is 7.37. The number of carbonyl (C=O) groups excluding carboxylic acids is 3. The van der Waals surface area contributed by atoms with Crippen LogP contribution in [0.2, 0.25) is 0 Å². The Morgan fingerprint density at radius 1 is 1.31 bits per heavy atom. The molecule has 0 unspecified atom stereocenters. The first kappa shape index (κ1) is 19.5. The van der Waals surface area contributed by atoms with E-state index in [0.29, 0.717) is 0 Å². The molecule has 26 heavy (non-hydrogen) atoms. The zero-order valence-electron chi connectivity index (χ0n) is 13.3. The van der Waals surface area contributed by atoms with Crippen molar-refractivity contribution < 1.29 is 42.5 Å². The molecule has 3 atom stereocenters. The number of halogens is 3. The SMILES string of the molecule is CCOC(=O)[C@@H]1[C@@H](c2ccc(C(=O)[O-])cc2)NC(=O)N[C@]1(O)C(F)(F)F. The van der Waals surface area contributed by atoms with Crippen LogP contribution in [0.25, 0.3) is 0 Å². The van der Waals surface area contributed by atoms with Gasteiger partial charge in [-0.05, 0) is 18.1 Å². The molecule has 0 aromatic heterocycles. The van der Waals surface area contributed by atoms with Crippen LogP contribution in [0.5, 0.6) is 0 Å². The van der Waals surface area contributed by atoms with E-state index in [-0.39, 0.29) is 17.7 Å². The molecule has 1 saturated heterocycles. The van der Waals surface area contributed by atoms with Crippen molar-refractivity contribution in [1.29, 1.82) is 0 Å². The molecule has 1 aliphatic heterocycles. The van der Waals surface area contributed by atoms with Crippen LogP contribution in [0.15, 0.2) is 24.3 Å². The predicted octanol–water partition coefficient (Wildman–Crippen LogP) is -0.166. The van der Waals surface area contributed by atoms with Crippen LogP contribution in [0, 0.1) is 5.92 Å². The lowest BCUT2D eigenvalue weighted by Crippen LogP contribution is -2.73. The van der Waals surface area contributed by atoms with E-state index in [1.165, 1.54) is 12.2 Å². The summed E-state index contributed by atoms with van der Waals surface area (Å²) in [6, 6.07) is 1.29. The number of rotatable bonds is 4. The number of benzene rings is 1. The zero-order chi connectivity index (χ0) is 19.7. The van der Waals surface area contributed by atoms with Gasteiger partial charge in [0.15, 0.2) is 0 Å². The van der Waals surface area contributed by atoms with Gasteiger partial charge in [-0.25, -0.2) is 4.79 Å². The van der Waals surface area contributed by atoms with Gasteiger partial charge in [-0.1, -0.05) is 24.3 Å². The van der Waals surface area contributed by atoms with Crippen LogP contribution in [0.1, 0.15) is 28.9 Å². The Kier molecular flexibility index (Phi) is 5.12. The van der Waals surface area contributed by atoms with Crippen molar-refractivity contribution in [3.8, 4) is 0 Å². The molecule has 1 fully saturated rings. The van der Waals surface area contributed by atoms with Crippen molar-refractivity contribution in [1.82, 2.24) is 10.6 Å². The maximum absolute atomic E-state index is 13.4. The third-order valence-electron chi connectivity index (χ3n) is 3.85. The second kappa shape index (κ2) is 6.83. The summed E-state index contributed by atoms with van der Waals surface area (Å²) in [7, 11) is 0. The Morgan fingerprint density at radius 2 is 1.88 bits per heavy atom. The molecule has 1 aliphatic rings. The number of aliphatic hydroxyl groups is 1. The Labute approximate surface area is 144 Å². The summed E-state index contributed by atoms with van der Waals surface area (Å²) in [5.74, 6) is -5.18. The van der Waals surface area contributed by atoms with Crippen LogP contribution < -0.4 is 15.7 Å². The Morgan fingerprint density at radius 3 is 2.35 bits per heavy atom. The molecule has 11 heteroatoms. The Balaban J connectivity index is 2.54. The summed E-state index contributed by atoms with van der Waals surface area (Å²) >= 11 is 0. The van der Waals surface area contributed by atoms with Gasteiger partial charge in [-0.15, -0.1) is 0 Å². The lowest BCUT2D eigenvalue weighted by Gasteiger charge is -2.44. The van der Waals surface area contributed by atoms with Gasteiger partial charge in [0.2, 0.25) is 0 Å². The van der Waals surface area contributed by atoms with E-state index in [1.54, 1.807) is 0 Å². The normalized spacial score (nSPS) is 25.8. The molecule has 0 spiro atoms. The molecule has 1 aromatic rings. The first-order valence-electron chi connectivity index (χ1n) is 7.37. The van der Waals surface area contributed by atoms with Crippen molar-refractivity contribution >= 4 is 18.0 Å². The summed E-state index contributed by atoms with van der Waals surface area (Å²) in [5, 5.41) is 24.3. The summed E-state index contributed by atoms with van der Waals surface area (Å²) < 4.78 is 44.9. The highest BCUT2D eigenvalue weighted by molar-refractivity contribution is 5.86. The number of urea groups is 1. The van der Waals surface area contributed by atoms with Crippen molar-refractivity contribution in [2.45, 2.75) is 24.9 Å². The fraction of sp³-hybridized carbons (Fsp3) is 0.400. The van der Waals surface area contributed by atoms with Crippen molar-refractivity contribution in [3.05, 3.63) is 35.4 Å². The van der Waals surface area contributed by atoms with E-state index < -0.39 is 41.8 Å². The lowest BCUT2D eigenvalue weighted by molar-refractivity contribution is -0.294. The number of carbonyl (C=O) groups is 3. The average molecular weight is 375 g/mol. The molecule has 142 valence electrons. The van der Waals surface area contributed by atoms with E-state index in [0.717, 1.165) is 24.3 Å². The van der Waals surface area contributed by atoms with Crippen LogP contribution in [-0.2, 0) is 9.53 Å². The third kappa shape index (κ3) is 3.43. The van der Waals surface area contributed by atoms with E-state index >= 15 is 0 Å². The molecule has 3 N–H and O–H groups in total. The molecule has 1 aromatic carbocycles. The molecular formula is C15H14F3N2O6-. The first-order chi connectivity index (χ1) is 12.0. The smallest absolute Gasteiger partial charge is 0.437 e. The monoisotopic (exact) mass is 375 g/mol. The number of carboxylic acid groups (broad SMARTS) is 1. The zero-order valence-corrected chi connectivity index (χ0v) is 13.3. The maximum Gasteiger partial charge on any atom is 0.437 e. The van der Waals surface area contributed by atoms with Gasteiger partial charge in [0.25, 0.3) is 5.72 Å². The molecule has 1 heterocycles. The summed E-state index contributed by atoms with van der Waals surface area (Å²) in [6.45, 7) is 1.11. The molecule has 2 rings (SSSR count). The second-order valence-electron chi connectivity index (χ2n) is 5.48. The third-order valence-corrected chi connectivity index (χ3v) is 3.85. The van der Waals surface area contributed by atoms with Crippen molar-refractivity contribution in [2.75, 3.05) is 6.61 Å². The van der Waals surface area contributed by atoms with Crippen LogP contribution >= 0.6 is 0 Å². The summed E-state index contributed by atoms with van der Waals surface area (Å²) in [4.78, 5) is 34.6. The van der Waals surface area contributed by atoms with Gasteiger partial charge in [-0.2, -0.15) is 13.2 Å². The van der Waals surface area contributed by atoms with Gasteiger partial charge in [0, 0.05) is 0 Å². The summed E-state index contributed by atoms with van der Waals surface area (Å²) in [6.07, 6.45) is -5.38. The molecule has 0 saturated carbocycles. The minimum atomic E-state index is -5.38. The number of hydrogen-bond acceptors (Lipinski definition) is 6. The highest BCUT2D eigenvalue weighted by Gasteiger charge is 2.67. The number of nitrogens with one attached hydrogen (secondary N) is 2. The number of amides is 2. The Hall–Kier alpha value is -2.82. The molecule has 2 amide bonds. The molecule has 0 radical (unpaired) electrons. The number of esters is 1. The molecule has 0 aliphatic carbocycles. The van der Waals surface area contributed by atoms with Crippen molar-refractivity contribution in [2.24, 2.45) is 5.92 Å². The van der Waals surface area contributed by atoms with Gasteiger partial charge in [0.05, 0.1) is 18.6 Å². The molecule has 0 bridgehead atoms. The number of carboxylic acids is 1. The number of hydrogen-bond donors (Lipinski definition) is 3. The molecule has 8 nitrogen and oxygen atoms in total. The second-order valence-corrected chi connectivity index (χ2v) is 5.48. The van der Waals surface area contributed by atoms with Gasteiger partial charge in [-0.3, -0.25) is 4.79 Å². The standard InChI is InChI=1S/C15H15F3N2O6/c1-2-26-12(23)9-10(7-3-5-8(6-4-7)11(21)22)19-13(24)20-14(9,25)15(16,17)18/h3-6,9-10,25H,2H2,1H3,(H,21,22)(H2,19,20,24)/p-1/t9-,10+,14+/m0/s1. The van der Waals surface area contributed by atoms with Crippen LogP contribution in [-0.4, -0.2) is 41.6 Å². The number of ether oxygens (including phenoxy) is 1. The maximum atomic E-state index is 13.4. The van der Waals surface area contributed by atoms with E-state index in [1.807, 2.05) is 0 Å². The molecular weight excluding hydrogens is 361 g/mol. The minimum absolute atomic E-state index is 0.0365. The van der Waals surface area contributed by atoms with E-state index in [4.69, 9.17) is 0 Å². The summed E-state index contributed by atoms with van der Waals surface area (Å²) in [5.41, 5.74) is -4.17. The largest absolute Gasteiger partial charge is 0.545 e. The van der Waals surface area contributed by atoms with Crippen LogP contribution in [0.4, 0.5) is 18.0 Å². The highest BCUT2D eigenvalue weighted by Crippen LogP contribution is 2.43. The van der Waals surface area contributed by atoms with Gasteiger partial charge < -0.3 is 30.4 Å². The number of alkyl halides is 3. The fourth-order valence-corrected chi connectivity index (χ4v) is 2.64. The Bertz CT molecular complexity index is 721. The average Bonchev–Trinajstić information content (AvgIpc) is 2.53. The van der Waals surface area contributed by atoms with Crippen LogP contribution in [0.3, 0.4) is 0 Å². The number of aromatic carboxylic acids is 1. The topological polar surface area (TPSA) is 128 Å². The predicted molar refractivity (Wildman–Crippen MR) is 76.3 cm³/mol. The van der Waals surface area contributed by atoms with E-state index in [9.17, 15) is 37.8 Å². The minimum Gasteiger partial charge on any atom is -0.545 e. The van der Waals surface area contributed by atoms with Gasteiger partial charge >= 0.3 is 18.2 Å². The lowest BCUT2D eigenvalue weighted by atomic mass is 9.82. The quantitative estimate of drug-likeness (QED) is 0.627. The fourth-order valence-electron chi connectivity index (χ4n) is 2.64. The van der Waals surface area contributed by atoms with Gasteiger partial charge in [0.1, 0.15) is 5.92 Å². The van der Waals surface area contributed by atoms with E-state index in [2.05, 4.69) is 10.1 Å².